The summed E-state index contributed by atoms with van der Waals surface area (Å²) in [6, 6.07) is 7.78. The van der Waals surface area contributed by atoms with Crippen LogP contribution in [0.5, 0.6) is 0 Å². The van der Waals surface area contributed by atoms with E-state index >= 15 is 0 Å². The third-order valence-corrected chi connectivity index (χ3v) is 2.73. The highest BCUT2D eigenvalue weighted by Gasteiger charge is 2.01. The van der Waals surface area contributed by atoms with Crippen LogP contribution < -0.4 is 5.32 Å². The smallest absolute Gasteiger partial charge is 0.221 e. The van der Waals surface area contributed by atoms with Crippen molar-refractivity contribution in [2.75, 3.05) is 0 Å². The molecule has 1 aromatic rings. The molecule has 0 radical (unpaired) electrons. The van der Waals surface area contributed by atoms with Gasteiger partial charge < -0.3 is 5.32 Å². The van der Waals surface area contributed by atoms with Crippen LogP contribution in [0.1, 0.15) is 12.5 Å². The summed E-state index contributed by atoms with van der Waals surface area (Å²) in [4.78, 5) is 10.9. The Kier molecular flexibility index (Phi) is 4.60. The standard InChI is InChI=1S/C10H9BrINO/c1-7(14)13-10(6-12)8-2-4-9(11)5-3-8/h2-6H,1H3,(H,13,14)/b10-6-. The van der Waals surface area contributed by atoms with Gasteiger partial charge in [0, 0.05) is 15.5 Å². The molecule has 74 valence electrons. The van der Waals surface area contributed by atoms with E-state index in [9.17, 15) is 4.79 Å². The first-order valence-electron chi connectivity index (χ1n) is 3.97. The van der Waals surface area contributed by atoms with E-state index in [2.05, 4.69) is 43.8 Å². The van der Waals surface area contributed by atoms with Crippen molar-refractivity contribution >= 4 is 50.1 Å². The average molecular weight is 366 g/mol. The predicted octanol–water partition coefficient (Wildman–Crippen LogP) is 3.32. The van der Waals surface area contributed by atoms with Crippen LogP contribution in [0.25, 0.3) is 5.70 Å². The Labute approximate surface area is 105 Å². The second kappa shape index (κ2) is 5.50. The monoisotopic (exact) mass is 365 g/mol. The largest absolute Gasteiger partial charge is 0.325 e. The first-order valence-corrected chi connectivity index (χ1v) is 6.01. The number of hydrogen-bond donors (Lipinski definition) is 1. The van der Waals surface area contributed by atoms with Gasteiger partial charge in [-0.2, -0.15) is 0 Å². The highest BCUT2D eigenvalue weighted by atomic mass is 127. The molecule has 2 nitrogen and oxygen atoms in total. The predicted molar refractivity (Wildman–Crippen MR) is 70.0 cm³/mol. The highest BCUT2D eigenvalue weighted by Crippen LogP contribution is 2.17. The van der Waals surface area contributed by atoms with Gasteiger partial charge in [-0.15, -0.1) is 0 Å². The molecule has 0 saturated carbocycles. The fourth-order valence-corrected chi connectivity index (χ4v) is 1.76. The molecular weight excluding hydrogens is 357 g/mol. The zero-order chi connectivity index (χ0) is 10.6. The Morgan fingerprint density at radius 2 is 2.00 bits per heavy atom. The molecule has 0 spiro atoms. The zero-order valence-electron chi connectivity index (χ0n) is 7.55. The van der Waals surface area contributed by atoms with Gasteiger partial charge in [0.1, 0.15) is 0 Å². The van der Waals surface area contributed by atoms with Gasteiger partial charge in [-0.1, -0.05) is 50.7 Å². The molecule has 0 unspecified atom stereocenters. The number of carbonyl (C=O) groups is 1. The lowest BCUT2D eigenvalue weighted by Crippen LogP contribution is -2.17. The Balaban J connectivity index is 2.91. The van der Waals surface area contributed by atoms with E-state index in [1.54, 1.807) is 0 Å². The van der Waals surface area contributed by atoms with Gasteiger partial charge in [0.2, 0.25) is 5.91 Å². The van der Waals surface area contributed by atoms with Crippen LogP contribution in [0.15, 0.2) is 32.8 Å². The van der Waals surface area contributed by atoms with E-state index in [4.69, 9.17) is 0 Å². The quantitative estimate of drug-likeness (QED) is 0.800. The molecule has 0 bridgehead atoms. The lowest BCUT2D eigenvalue weighted by molar-refractivity contribution is -0.117. The van der Waals surface area contributed by atoms with Crippen LogP contribution in [0.4, 0.5) is 0 Å². The molecule has 1 N–H and O–H groups in total. The summed E-state index contributed by atoms with van der Waals surface area (Å²) in [5.74, 6) is -0.0594. The molecular formula is C10H9BrINO. The third-order valence-electron chi connectivity index (χ3n) is 1.58. The number of halogens is 2. The molecule has 1 aromatic carbocycles. The molecule has 0 saturated heterocycles. The van der Waals surface area contributed by atoms with Gasteiger partial charge in [-0.05, 0) is 17.7 Å². The minimum Gasteiger partial charge on any atom is -0.325 e. The van der Waals surface area contributed by atoms with Crippen LogP contribution in [-0.4, -0.2) is 5.91 Å². The summed E-state index contributed by atoms with van der Waals surface area (Å²) in [6.45, 7) is 1.50. The Bertz CT molecular complexity index is 359. The molecule has 0 atom stereocenters. The minimum absolute atomic E-state index is 0.0594. The summed E-state index contributed by atoms with van der Waals surface area (Å²) in [7, 11) is 0. The Morgan fingerprint density at radius 1 is 1.43 bits per heavy atom. The number of amides is 1. The van der Waals surface area contributed by atoms with Gasteiger partial charge >= 0.3 is 0 Å². The molecule has 4 heteroatoms. The molecule has 0 aliphatic rings. The van der Waals surface area contributed by atoms with Crippen molar-refractivity contribution in [3.8, 4) is 0 Å². The second-order valence-corrected chi connectivity index (χ2v) is 4.25. The van der Waals surface area contributed by atoms with Gasteiger partial charge in [-0.3, -0.25) is 4.79 Å². The molecule has 14 heavy (non-hydrogen) atoms. The first-order chi connectivity index (χ1) is 6.63. The van der Waals surface area contributed by atoms with Crippen LogP contribution >= 0.6 is 38.5 Å². The lowest BCUT2D eigenvalue weighted by Gasteiger charge is -2.06. The lowest BCUT2D eigenvalue weighted by atomic mass is 10.2. The number of rotatable bonds is 2. The molecule has 0 aromatic heterocycles. The maximum atomic E-state index is 10.9. The summed E-state index contributed by atoms with van der Waals surface area (Å²) >= 11 is 5.47. The number of nitrogens with one attached hydrogen (secondary N) is 1. The molecule has 0 heterocycles. The van der Waals surface area contributed by atoms with Crippen LogP contribution in [0.3, 0.4) is 0 Å². The zero-order valence-corrected chi connectivity index (χ0v) is 11.3. The fourth-order valence-electron chi connectivity index (χ4n) is 0.982. The second-order valence-electron chi connectivity index (χ2n) is 2.71. The van der Waals surface area contributed by atoms with Gasteiger partial charge in [0.25, 0.3) is 0 Å². The van der Waals surface area contributed by atoms with E-state index in [-0.39, 0.29) is 5.91 Å². The highest BCUT2D eigenvalue weighted by molar-refractivity contribution is 14.1. The van der Waals surface area contributed by atoms with E-state index in [0.717, 1.165) is 15.7 Å². The van der Waals surface area contributed by atoms with Crippen molar-refractivity contribution in [3.05, 3.63) is 38.4 Å². The Morgan fingerprint density at radius 3 is 2.43 bits per heavy atom. The van der Waals surface area contributed by atoms with Crippen molar-refractivity contribution in [1.82, 2.24) is 5.32 Å². The van der Waals surface area contributed by atoms with Crippen LogP contribution in [0.2, 0.25) is 0 Å². The van der Waals surface area contributed by atoms with Gasteiger partial charge in [0.05, 0.1) is 5.70 Å². The van der Waals surface area contributed by atoms with E-state index in [0.29, 0.717) is 0 Å². The summed E-state index contributed by atoms with van der Waals surface area (Å²) in [5.41, 5.74) is 1.82. The van der Waals surface area contributed by atoms with Crippen molar-refractivity contribution in [3.63, 3.8) is 0 Å². The average Bonchev–Trinajstić information content (AvgIpc) is 2.15. The molecule has 0 fully saturated rings. The first kappa shape index (κ1) is 11.7. The summed E-state index contributed by atoms with van der Waals surface area (Å²) in [6.07, 6.45) is 0. The molecule has 1 amide bonds. The molecule has 0 aliphatic heterocycles. The number of carbonyl (C=O) groups excluding carboxylic acids is 1. The van der Waals surface area contributed by atoms with E-state index in [1.807, 2.05) is 28.3 Å². The Hall–Kier alpha value is -0.360. The molecule has 1 rings (SSSR count). The third kappa shape index (κ3) is 3.42. The van der Waals surface area contributed by atoms with Crippen molar-refractivity contribution < 1.29 is 4.79 Å². The SMILES string of the molecule is CC(=O)N/C(=C\I)c1ccc(Br)cc1. The van der Waals surface area contributed by atoms with Gasteiger partial charge in [-0.25, -0.2) is 0 Å². The molecule has 0 aliphatic carbocycles. The number of benzene rings is 1. The fraction of sp³-hybridized carbons (Fsp3) is 0.100. The number of hydrogen-bond acceptors (Lipinski definition) is 1. The topological polar surface area (TPSA) is 29.1 Å². The van der Waals surface area contributed by atoms with E-state index < -0.39 is 0 Å². The minimum atomic E-state index is -0.0594. The van der Waals surface area contributed by atoms with Crippen molar-refractivity contribution in [2.24, 2.45) is 0 Å². The summed E-state index contributed by atoms with van der Waals surface area (Å²) in [5, 5.41) is 2.76. The van der Waals surface area contributed by atoms with Crippen molar-refractivity contribution in [2.45, 2.75) is 6.92 Å². The maximum Gasteiger partial charge on any atom is 0.221 e. The van der Waals surface area contributed by atoms with Gasteiger partial charge in [0.15, 0.2) is 0 Å². The summed E-state index contributed by atoms with van der Waals surface area (Å²) < 4.78 is 2.87. The normalized spacial score (nSPS) is 11.2. The van der Waals surface area contributed by atoms with Crippen LogP contribution in [0, 0.1) is 0 Å². The van der Waals surface area contributed by atoms with Crippen molar-refractivity contribution in [1.29, 1.82) is 0 Å². The van der Waals surface area contributed by atoms with Crippen LogP contribution in [-0.2, 0) is 4.79 Å². The van der Waals surface area contributed by atoms with E-state index in [1.165, 1.54) is 6.92 Å². The maximum absolute atomic E-state index is 10.9.